The Balaban J connectivity index is 0.000000980. The minimum Gasteiger partial charge on any atom is -0.354 e. The van der Waals surface area contributed by atoms with Gasteiger partial charge in [-0.1, -0.05) is 0 Å². The lowest BCUT2D eigenvalue weighted by atomic mass is 10.3. The molecule has 14 heavy (non-hydrogen) atoms. The number of hydrogen-bond acceptors (Lipinski definition) is 4. The molecule has 0 saturated carbocycles. The molecule has 78 valence electrons. The molecule has 0 spiro atoms. The highest BCUT2D eigenvalue weighted by molar-refractivity contribution is 5.85. The molecule has 1 aromatic heterocycles. The standard InChI is InChI=1S/C9H14N4.ClH/c1-7-2-3-9(12-11-7)13-5-4-8(10)6-13;/h2-3,8H,4-6,10H2,1H3;1H. The Kier molecular flexibility index (Phi) is 3.66. The fraction of sp³-hybridized carbons (Fsp3) is 0.556. The van der Waals surface area contributed by atoms with E-state index in [0.29, 0.717) is 6.04 Å². The molecule has 1 saturated heterocycles. The molecule has 2 N–H and O–H groups in total. The van der Waals surface area contributed by atoms with Crippen LogP contribution in [0.3, 0.4) is 0 Å². The number of nitrogens with two attached hydrogens (primary N) is 1. The first-order chi connectivity index (χ1) is 6.25. The maximum absolute atomic E-state index is 5.80. The third-order valence-electron chi connectivity index (χ3n) is 2.33. The highest BCUT2D eigenvalue weighted by Gasteiger charge is 2.19. The van der Waals surface area contributed by atoms with Gasteiger partial charge >= 0.3 is 0 Å². The van der Waals surface area contributed by atoms with Crippen molar-refractivity contribution in [3.8, 4) is 0 Å². The highest BCUT2D eigenvalue weighted by Crippen LogP contribution is 2.15. The van der Waals surface area contributed by atoms with E-state index in [-0.39, 0.29) is 12.4 Å². The Bertz CT molecular complexity index is 287. The van der Waals surface area contributed by atoms with Crippen LogP contribution in [0.25, 0.3) is 0 Å². The van der Waals surface area contributed by atoms with E-state index in [4.69, 9.17) is 5.73 Å². The van der Waals surface area contributed by atoms with Gasteiger partial charge in [0.25, 0.3) is 0 Å². The molecular formula is C9H15ClN4. The second-order valence-corrected chi connectivity index (χ2v) is 3.53. The highest BCUT2D eigenvalue weighted by atomic mass is 35.5. The monoisotopic (exact) mass is 214 g/mol. The van der Waals surface area contributed by atoms with E-state index >= 15 is 0 Å². The quantitative estimate of drug-likeness (QED) is 0.750. The molecule has 0 amide bonds. The van der Waals surface area contributed by atoms with Gasteiger partial charge in [-0.3, -0.25) is 0 Å². The minimum absolute atomic E-state index is 0. The van der Waals surface area contributed by atoms with Crippen molar-refractivity contribution in [2.45, 2.75) is 19.4 Å². The SMILES string of the molecule is Cc1ccc(N2CCC(N)C2)nn1.Cl. The molecule has 1 aliphatic heterocycles. The summed E-state index contributed by atoms with van der Waals surface area (Å²) in [6, 6.07) is 4.27. The molecule has 0 bridgehead atoms. The summed E-state index contributed by atoms with van der Waals surface area (Å²) in [6.45, 7) is 3.84. The molecule has 1 fully saturated rings. The lowest BCUT2D eigenvalue weighted by Gasteiger charge is -2.15. The van der Waals surface area contributed by atoms with E-state index in [0.717, 1.165) is 31.0 Å². The van der Waals surface area contributed by atoms with E-state index < -0.39 is 0 Å². The van der Waals surface area contributed by atoms with Crippen molar-refractivity contribution in [3.63, 3.8) is 0 Å². The van der Waals surface area contributed by atoms with E-state index in [1.54, 1.807) is 0 Å². The van der Waals surface area contributed by atoms with Crippen LogP contribution in [0.1, 0.15) is 12.1 Å². The minimum atomic E-state index is 0. The average molecular weight is 215 g/mol. The van der Waals surface area contributed by atoms with Crippen molar-refractivity contribution in [1.82, 2.24) is 10.2 Å². The van der Waals surface area contributed by atoms with Crippen LogP contribution in [-0.2, 0) is 0 Å². The Morgan fingerprint density at radius 3 is 2.71 bits per heavy atom. The van der Waals surface area contributed by atoms with Crippen LogP contribution in [0.5, 0.6) is 0 Å². The zero-order valence-corrected chi connectivity index (χ0v) is 9.00. The molecule has 4 nitrogen and oxygen atoms in total. The summed E-state index contributed by atoms with van der Waals surface area (Å²) in [4.78, 5) is 2.18. The van der Waals surface area contributed by atoms with Gasteiger partial charge in [-0.2, -0.15) is 5.10 Å². The Labute approximate surface area is 89.9 Å². The van der Waals surface area contributed by atoms with E-state index in [9.17, 15) is 0 Å². The smallest absolute Gasteiger partial charge is 0.151 e. The normalized spacial score (nSPS) is 20.7. The van der Waals surface area contributed by atoms with Crippen LogP contribution in [0.15, 0.2) is 12.1 Å². The molecule has 1 aromatic rings. The van der Waals surface area contributed by atoms with Gasteiger partial charge < -0.3 is 10.6 Å². The number of halogens is 1. The zero-order chi connectivity index (χ0) is 9.26. The summed E-state index contributed by atoms with van der Waals surface area (Å²) in [6.07, 6.45) is 1.05. The zero-order valence-electron chi connectivity index (χ0n) is 8.18. The first kappa shape index (κ1) is 11.2. The lowest BCUT2D eigenvalue weighted by Crippen LogP contribution is -2.27. The third kappa shape index (κ3) is 2.33. The van der Waals surface area contributed by atoms with Gasteiger partial charge in [-0.05, 0) is 25.5 Å². The number of anilines is 1. The molecule has 0 aromatic carbocycles. The molecule has 2 heterocycles. The average Bonchev–Trinajstić information content (AvgIpc) is 2.53. The largest absolute Gasteiger partial charge is 0.354 e. The molecule has 0 radical (unpaired) electrons. The fourth-order valence-electron chi connectivity index (χ4n) is 1.56. The predicted octanol–water partition coefficient (Wildman–Crippen LogP) is 0.744. The van der Waals surface area contributed by atoms with Gasteiger partial charge in [0, 0.05) is 19.1 Å². The first-order valence-electron chi connectivity index (χ1n) is 4.56. The summed E-state index contributed by atoms with van der Waals surface area (Å²) in [7, 11) is 0. The van der Waals surface area contributed by atoms with Crippen LogP contribution in [0, 0.1) is 6.92 Å². The van der Waals surface area contributed by atoms with Crippen LogP contribution < -0.4 is 10.6 Å². The van der Waals surface area contributed by atoms with Gasteiger partial charge in [-0.25, -0.2) is 0 Å². The summed E-state index contributed by atoms with van der Waals surface area (Å²) in [5, 5.41) is 8.13. The van der Waals surface area contributed by atoms with Crippen molar-refractivity contribution < 1.29 is 0 Å². The van der Waals surface area contributed by atoms with Gasteiger partial charge in [0.05, 0.1) is 5.69 Å². The first-order valence-corrected chi connectivity index (χ1v) is 4.56. The van der Waals surface area contributed by atoms with E-state index in [1.165, 1.54) is 0 Å². The Morgan fingerprint density at radius 1 is 1.43 bits per heavy atom. The molecule has 0 aliphatic carbocycles. The maximum atomic E-state index is 5.80. The molecule has 5 heteroatoms. The third-order valence-corrected chi connectivity index (χ3v) is 2.33. The van der Waals surface area contributed by atoms with Crippen molar-refractivity contribution in [2.24, 2.45) is 5.73 Å². The summed E-state index contributed by atoms with van der Waals surface area (Å²) < 4.78 is 0. The summed E-state index contributed by atoms with van der Waals surface area (Å²) in [5.41, 5.74) is 6.75. The van der Waals surface area contributed by atoms with Crippen molar-refractivity contribution in [3.05, 3.63) is 17.8 Å². The number of nitrogens with zero attached hydrogens (tertiary/aromatic N) is 3. The fourth-order valence-corrected chi connectivity index (χ4v) is 1.56. The van der Waals surface area contributed by atoms with Crippen molar-refractivity contribution in [1.29, 1.82) is 0 Å². The van der Waals surface area contributed by atoms with Crippen LogP contribution in [0.4, 0.5) is 5.82 Å². The second-order valence-electron chi connectivity index (χ2n) is 3.53. The van der Waals surface area contributed by atoms with Crippen molar-refractivity contribution >= 4 is 18.2 Å². The van der Waals surface area contributed by atoms with Crippen LogP contribution in [-0.4, -0.2) is 29.3 Å². The Hall–Kier alpha value is -0.870. The molecule has 2 rings (SSSR count). The maximum Gasteiger partial charge on any atom is 0.151 e. The van der Waals surface area contributed by atoms with Crippen LogP contribution in [0.2, 0.25) is 0 Å². The van der Waals surface area contributed by atoms with Gasteiger partial charge in [0.15, 0.2) is 5.82 Å². The predicted molar refractivity (Wildman–Crippen MR) is 58.8 cm³/mol. The number of aryl methyl sites for hydroxylation is 1. The van der Waals surface area contributed by atoms with E-state index in [1.807, 2.05) is 19.1 Å². The molecule has 1 aliphatic rings. The summed E-state index contributed by atoms with van der Waals surface area (Å²) in [5.74, 6) is 0.943. The van der Waals surface area contributed by atoms with E-state index in [2.05, 4.69) is 15.1 Å². The van der Waals surface area contributed by atoms with Gasteiger partial charge in [0.1, 0.15) is 0 Å². The topological polar surface area (TPSA) is 55.0 Å². The number of aromatic nitrogens is 2. The summed E-state index contributed by atoms with van der Waals surface area (Å²) >= 11 is 0. The van der Waals surface area contributed by atoms with Gasteiger partial charge in [0.2, 0.25) is 0 Å². The lowest BCUT2D eigenvalue weighted by molar-refractivity contribution is 0.750. The Morgan fingerprint density at radius 2 is 2.21 bits per heavy atom. The molecule has 1 atom stereocenters. The van der Waals surface area contributed by atoms with Gasteiger partial charge in [-0.15, -0.1) is 17.5 Å². The number of rotatable bonds is 1. The second kappa shape index (κ2) is 4.57. The van der Waals surface area contributed by atoms with Crippen LogP contribution >= 0.6 is 12.4 Å². The molecule has 1 unspecified atom stereocenters. The molecular weight excluding hydrogens is 200 g/mol. The van der Waals surface area contributed by atoms with Crippen molar-refractivity contribution in [2.75, 3.05) is 18.0 Å². The number of hydrogen-bond donors (Lipinski definition) is 1.